The quantitative estimate of drug-likeness (QED) is 0.332. The molecule has 9 heteroatoms. The summed E-state index contributed by atoms with van der Waals surface area (Å²) < 4.78 is 5.95. The van der Waals surface area contributed by atoms with Crippen molar-refractivity contribution in [1.29, 1.82) is 0 Å². The van der Waals surface area contributed by atoms with Gasteiger partial charge in [-0.1, -0.05) is 35.6 Å². The zero-order valence-corrected chi connectivity index (χ0v) is 15.4. The van der Waals surface area contributed by atoms with Crippen LogP contribution in [0.4, 0.5) is 5.69 Å². The molecule has 3 aromatic rings. The summed E-state index contributed by atoms with van der Waals surface area (Å²) in [6.07, 6.45) is 2.93. The Balaban J connectivity index is 2.08. The predicted octanol–water partition coefficient (Wildman–Crippen LogP) is 1.39. The molecule has 7 nitrogen and oxygen atoms in total. The van der Waals surface area contributed by atoms with Crippen molar-refractivity contribution in [3.05, 3.63) is 59.4 Å². The van der Waals surface area contributed by atoms with E-state index in [1.165, 1.54) is 17.5 Å². The molecule has 0 radical (unpaired) electrons. The van der Waals surface area contributed by atoms with Crippen LogP contribution in [0.2, 0.25) is 0 Å². The van der Waals surface area contributed by atoms with E-state index in [-0.39, 0.29) is 0 Å². The Bertz CT molecular complexity index is 1000. The van der Waals surface area contributed by atoms with Crippen LogP contribution in [-0.2, 0) is 0 Å². The first kappa shape index (κ1) is 18.8. The number of hydrogen-bond acceptors (Lipinski definition) is 8. The molecule has 3 rings (SSSR count). The number of aryl methyl sites for hydroxylation is 1. The SMILES string of the molecule is Cc1ncc(Oc2ccc(B(O)O)cc2-c2ccc(/C(N)=C\N)c(N)c2)s1. The third kappa shape index (κ3) is 4.06. The average Bonchev–Trinajstić information content (AvgIpc) is 3.06. The van der Waals surface area contributed by atoms with Crippen LogP contribution in [0.15, 0.2) is 48.8 Å². The van der Waals surface area contributed by atoms with Crippen LogP contribution in [0, 0.1) is 6.92 Å². The molecular weight excluding hydrogens is 363 g/mol. The number of nitrogens with zero attached hydrogens (tertiary/aromatic N) is 1. The van der Waals surface area contributed by atoms with Crippen LogP contribution in [0.3, 0.4) is 0 Å². The van der Waals surface area contributed by atoms with Crippen LogP contribution in [0.1, 0.15) is 10.6 Å². The van der Waals surface area contributed by atoms with Gasteiger partial charge in [0.15, 0.2) is 0 Å². The first-order valence-corrected chi connectivity index (χ1v) is 8.88. The van der Waals surface area contributed by atoms with Crippen molar-refractivity contribution in [1.82, 2.24) is 4.98 Å². The lowest BCUT2D eigenvalue weighted by atomic mass is 9.79. The van der Waals surface area contributed by atoms with Crippen LogP contribution < -0.4 is 27.4 Å². The van der Waals surface area contributed by atoms with E-state index in [4.69, 9.17) is 21.9 Å². The number of hydrogen-bond donors (Lipinski definition) is 5. The molecule has 0 amide bonds. The van der Waals surface area contributed by atoms with Crippen molar-refractivity contribution in [2.24, 2.45) is 11.5 Å². The van der Waals surface area contributed by atoms with Gasteiger partial charge in [0.25, 0.3) is 0 Å². The predicted molar refractivity (Wildman–Crippen MR) is 109 cm³/mol. The Morgan fingerprint density at radius 1 is 1.22 bits per heavy atom. The first-order chi connectivity index (χ1) is 12.9. The topological polar surface area (TPSA) is 141 Å². The Morgan fingerprint density at radius 3 is 2.59 bits per heavy atom. The van der Waals surface area contributed by atoms with Gasteiger partial charge in [-0.15, -0.1) is 0 Å². The molecule has 138 valence electrons. The summed E-state index contributed by atoms with van der Waals surface area (Å²) in [4.78, 5) is 4.18. The highest BCUT2D eigenvalue weighted by atomic mass is 32.1. The van der Waals surface area contributed by atoms with Crippen LogP contribution in [-0.4, -0.2) is 22.2 Å². The molecule has 8 N–H and O–H groups in total. The number of ether oxygens (including phenoxy) is 1. The van der Waals surface area contributed by atoms with E-state index >= 15 is 0 Å². The summed E-state index contributed by atoms with van der Waals surface area (Å²) in [6, 6.07) is 10.2. The standard InChI is InChI=1S/C18H19BN4O3S/c1-10-23-9-18(27-10)26-17-5-3-12(19(24)25)7-14(17)11-2-4-13(15(21)6-11)16(22)8-20/h2-9,24-25H,20-22H2,1H3/b16-8+. The second kappa shape index (κ2) is 7.71. The largest absolute Gasteiger partial charge is 0.488 e. The van der Waals surface area contributed by atoms with Crippen molar-refractivity contribution in [3.8, 4) is 21.9 Å². The van der Waals surface area contributed by atoms with Crippen molar-refractivity contribution < 1.29 is 14.8 Å². The zero-order chi connectivity index (χ0) is 19.6. The molecule has 0 aliphatic heterocycles. The van der Waals surface area contributed by atoms with E-state index in [9.17, 15) is 10.0 Å². The summed E-state index contributed by atoms with van der Waals surface area (Å²) in [6.45, 7) is 1.89. The Morgan fingerprint density at radius 2 is 2.00 bits per heavy atom. The third-order valence-corrected chi connectivity index (χ3v) is 4.76. The van der Waals surface area contributed by atoms with E-state index in [0.29, 0.717) is 38.8 Å². The fourth-order valence-electron chi connectivity index (χ4n) is 2.60. The number of benzene rings is 2. The van der Waals surface area contributed by atoms with Crippen molar-refractivity contribution >= 4 is 35.3 Å². The lowest BCUT2D eigenvalue weighted by Crippen LogP contribution is -2.29. The second-order valence-corrected chi connectivity index (χ2v) is 7.05. The van der Waals surface area contributed by atoms with Crippen LogP contribution in [0.5, 0.6) is 10.8 Å². The molecular formula is C18H19BN4O3S. The van der Waals surface area contributed by atoms with Gasteiger partial charge >= 0.3 is 7.12 Å². The Kier molecular flexibility index (Phi) is 5.36. The lowest BCUT2D eigenvalue weighted by molar-refractivity contribution is 0.425. The smallest absolute Gasteiger partial charge is 0.444 e. The Labute approximate surface area is 160 Å². The molecule has 0 aliphatic carbocycles. The minimum atomic E-state index is -1.60. The van der Waals surface area contributed by atoms with Gasteiger partial charge in [-0.05, 0) is 30.1 Å². The van der Waals surface area contributed by atoms with E-state index in [0.717, 1.165) is 10.6 Å². The van der Waals surface area contributed by atoms with E-state index in [1.54, 1.807) is 36.5 Å². The van der Waals surface area contributed by atoms with Gasteiger partial charge in [0.1, 0.15) is 5.75 Å². The molecule has 0 atom stereocenters. The molecule has 0 fully saturated rings. The third-order valence-electron chi connectivity index (χ3n) is 3.97. The summed E-state index contributed by atoms with van der Waals surface area (Å²) in [5.41, 5.74) is 20.6. The molecule has 0 unspecified atom stereocenters. The molecule has 0 aliphatic rings. The molecule has 2 aromatic carbocycles. The number of thiazole rings is 1. The van der Waals surface area contributed by atoms with Crippen molar-refractivity contribution in [2.45, 2.75) is 6.92 Å². The van der Waals surface area contributed by atoms with Crippen LogP contribution >= 0.6 is 11.3 Å². The molecule has 0 saturated carbocycles. The number of nitrogens with two attached hydrogens (primary N) is 3. The highest BCUT2D eigenvalue weighted by Gasteiger charge is 2.17. The highest BCUT2D eigenvalue weighted by molar-refractivity contribution is 7.13. The minimum absolute atomic E-state index is 0.335. The summed E-state index contributed by atoms with van der Waals surface area (Å²) in [5.74, 6) is 0.539. The maximum absolute atomic E-state index is 9.53. The maximum Gasteiger partial charge on any atom is 0.488 e. The second-order valence-electron chi connectivity index (χ2n) is 5.85. The minimum Gasteiger partial charge on any atom is -0.444 e. The Hall–Kier alpha value is -3.01. The highest BCUT2D eigenvalue weighted by Crippen LogP contribution is 2.36. The number of anilines is 1. The number of rotatable bonds is 5. The molecule has 0 spiro atoms. The van der Waals surface area contributed by atoms with Gasteiger partial charge in [-0.2, -0.15) is 0 Å². The van der Waals surface area contributed by atoms with Crippen molar-refractivity contribution in [3.63, 3.8) is 0 Å². The van der Waals surface area contributed by atoms with E-state index < -0.39 is 7.12 Å². The van der Waals surface area contributed by atoms with Gasteiger partial charge < -0.3 is 32.0 Å². The van der Waals surface area contributed by atoms with Gasteiger partial charge in [0.2, 0.25) is 5.06 Å². The van der Waals surface area contributed by atoms with Gasteiger partial charge in [0.05, 0.1) is 16.9 Å². The lowest BCUT2D eigenvalue weighted by Gasteiger charge is -2.14. The molecule has 1 aromatic heterocycles. The zero-order valence-electron chi connectivity index (χ0n) is 14.6. The molecule has 0 saturated heterocycles. The fourth-order valence-corrected chi connectivity index (χ4v) is 3.24. The molecule has 0 bridgehead atoms. The number of aromatic nitrogens is 1. The maximum atomic E-state index is 9.53. The molecule has 1 heterocycles. The molecule has 27 heavy (non-hydrogen) atoms. The van der Waals surface area contributed by atoms with Crippen LogP contribution in [0.25, 0.3) is 16.8 Å². The summed E-state index contributed by atoms with van der Waals surface area (Å²) in [7, 11) is -1.60. The van der Waals surface area contributed by atoms with Crippen molar-refractivity contribution in [2.75, 3.05) is 5.73 Å². The summed E-state index contributed by atoms with van der Waals surface area (Å²) >= 11 is 1.41. The van der Waals surface area contributed by atoms with E-state index in [1.807, 2.05) is 13.0 Å². The van der Waals surface area contributed by atoms with Gasteiger partial charge in [-0.25, -0.2) is 4.98 Å². The monoisotopic (exact) mass is 382 g/mol. The average molecular weight is 382 g/mol. The van der Waals surface area contributed by atoms with Gasteiger partial charge in [0, 0.05) is 23.0 Å². The normalized spacial score (nSPS) is 11.4. The fraction of sp³-hybridized carbons (Fsp3) is 0.0556. The van der Waals surface area contributed by atoms with Gasteiger partial charge in [-0.3, -0.25) is 0 Å². The first-order valence-electron chi connectivity index (χ1n) is 8.07. The summed E-state index contributed by atoms with van der Waals surface area (Å²) in [5, 5.41) is 20.6. The number of nitrogen functional groups attached to an aromatic ring is 1. The van der Waals surface area contributed by atoms with E-state index in [2.05, 4.69) is 4.98 Å².